The van der Waals surface area contributed by atoms with E-state index in [1.165, 1.54) is 0 Å². The van der Waals surface area contributed by atoms with Crippen molar-refractivity contribution in [2.75, 3.05) is 7.11 Å². The summed E-state index contributed by atoms with van der Waals surface area (Å²) in [5.41, 5.74) is 1.09. The Hall–Kier alpha value is -1.62. The monoisotopic (exact) mass is 280 g/mol. The van der Waals surface area contributed by atoms with Crippen LogP contribution in [0.5, 0.6) is 5.88 Å². The number of pyridine rings is 1. The Kier molecular flexibility index (Phi) is 5.95. The fourth-order valence-corrected chi connectivity index (χ4v) is 1.80. The van der Waals surface area contributed by atoms with Crippen LogP contribution in [-0.2, 0) is 11.3 Å². The molecule has 1 rings (SSSR count). The number of methoxy groups -OCH3 is 1. The SMILES string of the molecule is COc1cc(CNC(CCC(C)(C)C)C(=O)O)ccn1. The molecule has 5 heteroatoms. The third kappa shape index (κ3) is 6.02. The zero-order valence-electron chi connectivity index (χ0n) is 12.6. The van der Waals surface area contributed by atoms with Crippen LogP contribution in [-0.4, -0.2) is 29.2 Å². The van der Waals surface area contributed by atoms with Crippen molar-refractivity contribution in [1.82, 2.24) is 10.3 Å². The minimum atomic E-state index is -0.810. The summed E-state index contributed by atoms with van der Waals surface area (Å²) in [6.07, 6.45) is 3.12. The van der Waals surface area contributed by atoms with Gasteiger partial charge in [0, 0.05) is 18.8 Å². The zero-order valence-corrected chi connectivity index (χ0v) is 12.6. The first-order valence-corrected chi connectivity index (χ1v) is 6.77. The Labute approximate surface area is 120 Å². The van der Waals surface area contributed by atoms with Gasteiger partial charge in [-0.05, 0) is 29.9 Å². The molecule has 0 aromatic carbocycles. The van der Waals surface area contributed by atoms with E-state index in [0.717, 1.165) is 12.0 Å². The Balaban J connectivity index is 2.56. The number of aromatic nitrogens is 1. The molecule has 0 saturated carbocycles. The normalized spacial score (nSPS) is 13.0. The van der Waals surface area contributed by atoms with Crippen LogP contribution in [0.2, 0.25) is 0 Å². The summed E-state index contributed by atoms with van der Waals surface area (Å²) in [4.78, 5) is 15.3. The zero-order chi connectivity index (χ0) is 15.2. The molecule has 1 aromatic rings. The van der Waals surface area contributed by atoms with E-state index in [9.17, 15) is 9.90 Å². The maximum absolute atomic E-state index is 11.3. The van der Waals surface area contributed by atoms with Gasteiger partial charge in [0.05, 0.1) is 7.11 Å². The Morgan fingerprint density at radius 1 is 1.50 bits per heavy atom. The summed E-state index contributed by atoms with van der Waals surface area (Å²) < 4.78 is 5.05. The van der Waals surface area contributed by atoms with E-state index in [4.69, 9.17) is 4.74 Å². The second kappa shape index (κ2) is 7.24. The van der Waals surface area contributed by atoms with E-state index in [-0.39, 0.29) is 5.41 Å². The highest BCUT2D eigenvalue weighted by molar-refractivity contribution is 5.73. The molecule has 0 saturated heterocycles. The van der Waals surface area contributed by atoms with Gasteiger partial charge in [-0.2, -0.15) is 0 Å². The van der Waals surface area contributed by atoms with Crippen LogP contribution in [0.15, 0.2) is 18.3 Å². The number of hydrogen-bond acceptors (Lipinski definition) is 4. The van der Waals surface area contributed by atoms with Crippen LogP contribution in [0.25, 0.3) is 0 Å². The van der Waals surface area contributed by atoms with Gasteiger partial charge in [0.2, 0.25) is 5.88 Å². The Morgan fingerprint density at radius 2 is 2.20 bits per heavy atom. The molecule has 0 spiro atoms. The number of hydrogen-bond donors (Lipinski definition) is 2. The minimum absolute atomic E-state index is 0.134. The second-order valence-electron chi connectivity index (χ2n) is 6.08. The van der Waals surface area contributed by atoms with Crippen molar-refractivity contribution >= 4 is 5.97 Å². The van der Waals surface area contributed by atoms with Crippen molar-refractivity contribution in [3.63, 3.8) is 0 Å². The third-order valence-electron chi connectivity index (χ3n) is 3.04. The highest BCUT2D eigenvalue weighted by Gasteiger charge is 2.20. The fraction of sp³-hybridized carbons (Fsp3) is 0.600. The Morgan fingerprint density at radius 3 is 2.75 bits per heavy atom. The lowest BCUT2D eigenvalue weighted by atomic mass is 9.88. The lowest BCUT2D eigenvalue weighted by Crippen LogP contribution is -2.37. The fourth-order valence-electron chi connectivity index (χ4n) is 1.80. The van der Waals surface area contributed by atoms with Crippen LogP contribution in [0.1, 0.15) is 39.2 Å². The number of rotatable bonds is 7. The molecule has 112 valence electrons. The van der Waals surface area contributed by atoms with E-state index in [2.05, 4.69) is 31.1 Å². The average molecular weight is 280 g/mol. The van der Waals surface area contributed by atoms with Gasteiger partial charge in [0.25, 0.3) is 0 Å². The molecular weight excluding hydrogens is 256 g/mol. The van der Waals surface area contributed by atoms with Gasteiger partial charge < -0.3 is 15.2 Å². The summed E-state index contributed by atoms with van der Waals surface area (Å²) in [7, 11) is 1.56. The quantitative estimate of drug-likeness (QED) is 0.802. The molecule has 2 N–H and O–H groups in total. The standard InChI is InChI=1S/C15H24N2O3/c1-15(2,3)7-5-12(14(18)19)17-10-11-6-8-16-13(9-11)20-4/h6,8-9,12,17H,5,7,10H2,1-4H3,(H,18,19). The van der Waals surface area contributed by atoms with Crippen molar-refractivity contribution in [3.05, 3.63) is 23.9 Å². The van der Waals surface area contributed by atoms with Crippen molar-refractivity contribution < 1.29 is 14.6 Å². The van der Waals surface area contributed by atoms with Crippen LogP contribution in [0, 0.1) is 5.41 Å². The van der Waals surface area contributed by atoms with Crippen LogP contribution < -0.4 is 10.1 Å². The summed E-state index contributed by atoms with van der Waals surface area (Å²) in [6.45, 7) is 6.82. The number of carboxylic acids is 1. The molecule has 0 aliphatic heterocycles. The summed E-state index contributed by atoms with van der Waals surface area (Å²) in [6, 6.07) is 3.11. The highest BCUT2D eigenvalue weighted by Crippen LogP contribution is 2.21. The van der Waals surface area contributed by atoms with Crippen molar-refractivity contribution in [1.29, 1.82) is 0 Å². The first-order chi connectivity index (χ1) is 9.31. The summed E-state index contributed by atoms with van der Waals surface area (Å²) in [5, 5.41) is 12.3. The predicted octanol–water partition coefficient (Wildman–Crippen LogP) is 2.46. The number of carbonyl (C=O) groups is 1. The highest BCUT2D eigenvalue weighted by atomic mass is 16.5. The first kappa shape index (κ1) is 16.4. The lowest BCUT2D eigenvalue weighted by Gasteiger charge is -2.21. The van der Waals surface area contributed by atoms with Crippen LogP contribution in [0.3, 0.4) is 0 Å². The number of nitrogens with zero attached hydrogens (tertiary/aromatic N) is 1. The van der Waals surface area contributed by atoms with Crippen molar-refractivity contribution in [3.8, 4) is 5.88 Å². The van der Waals surface area contributed by atoms with Gasteiger partial charge in [-0.25, -0.2) is 4.98 Å². The topological polar surface area (TPSA) is 71.5 Å². The van der Waals surface area contributed by atoms with Crippen molar-refractivity contribution in [2.45, 2.75) is 46.2 Å². The number of ether oxygens (including phenoxy) is 1. The van der Waals surface area contributed by atoms with E-state index in [1.807, 2.05) is 6.07 Å². The molecule has 0 fully saturated rings. The number of nitrogens with one attached hydrogen (secondary N) is 1. The lowest BCUT2D eigenvalue weighted by molar-refractivity contribution is -0.139. The summed E-state index contributed by atoms with van der Waals surface area (Å²) >= 11 is 0. The van der Waals surface area contributed by atoms with E-state index in [0.29, 0.717) is 18.8 Å². The molecule has 1 aromatic heterocycles. The smallest absolute Gasteiger partial charge is 0.320 e. The van der Waals surface area contributed by atoms with Crippen LogP contribution in [0.4, 0.5) is 0 Å². The van der Waals surface area contributed by atoms with Gasteiger partial charge in [-0.1, -0.05) is 20.8 Å². The summed E-state index contributed by atoms with van der Waals surface area (Å²) in [5.74, 6) is -0.277. The van der Waals surface area contributed by atoms with E-state index < -0.39 is 12.0 Å². The Bertz CT molecular complexity index is 441. The molecular formula is C15H24N2O3. The molecule has 0 aliphatic rings. The second-order valence-corrected chi connectivity index (χ2v) is 6.08. The maximum Gasteiger partial charge on any atom is 0.320 e. The van der Waals surface area contributed by atoms with Gasteiger partial charge in [-0.3, -0.25) is 4.79 Å². The van der Waals surface area contributed by atoms with E-state index in [1.54, 1.807) is 19.4 Å². The molecule has 1 heterocycles. The maximum atomic E-state index is 11.3. The van der Waals surface area contributed by atoms with E-state index >= 15 is 0 Å². The first-order valence-electron chi connectivity index (χ1n) is 6.77. The average Bonchev–Trinajstić information content (AvgIpc) is 2.37. The predicted molar refractivity (Wildman–Crippen MR) is 77.7 cm³/mol. The molecule has 20 heavy (non-hydrogen) atoms. The van der Waals surface area contributed by atoms with Gasteiger partial charge in [0.1, 0.15) is 6.04 Å². The van der Waals surface area contributed by atoms with Crippen LogP contribution >= 0.6 is 0 Å². The molecule has 0 radical (unpaired) electrons. The largest absolute Gasteiger partial charge is 0.481 e. The molecule has 0 amide bonds. The number of aliphatic carboxylic acids is 1. The van der Waals surface area contributed by atoms with Gasteiger partial charge >= 0.3 is 5.97 Å². The van der Waals surface area contributed by atoms with Gasteiger partial charge in [0.15, 0.2) is 0 Å². The molecule has 1 unspecified atom stereocenters. The van der Waals surface area contributed by atoms with Gasteiger partial charge in [-0.15, -0.1) is 0 Å². The minimum Gasteiger partial charge on any atom is -0.481 e. The molecule has 5 nitrogen and oxygen atoms in total. The third-order valence-corrected chi connectivity index (χ3v) is 3.04. The molecule has 0 bridgehead atoms. The molecule has 1 atom stereocenters. The number of carboxylic acid groups (broad SMARTS) is 1. The molecule has 0 aliphatic carbocycles. The van der Waals surface area contributed by atoms with Crippen molar-refractivity contribution in [2.24, 2.45) is 5.41 Å².